The number of nitrogens with zero attached hydrogens (tertiary/aromatic N) is 2. The Morgan fingerprint density at radius 3 is 2.53 bits per heavy atom. The number of hydrogen-bond acceptors (Lipinski definition) is 2. The van der Waals surface area contributed by atoms with Gasteiger partial charge in [-0.15, -0.1) is 0 Å². The van der Waals surface area contributed by atoms with Crippen LogP contribution in [0, 0.1) is 13.8 Å². The topological polar surface area (TPSA) is 38.1 Å². The van der Waals surface area contributed by atoms with Crippen LogP contribution in [-0.2, 0) is 19.9 Å². The van der Waals surface area contributed by atoms with Crippen molar-refractivity contribution < 1.29 is 5.11 Å². The van der Waals surface area contributed by atoms with E-state index in [9.17, 15) is 5.11 Å². The Hall–Kier alpha value is -1.13. The van der Waals surface area contributed by atoms with Gasteiger partial charge in [0, 0.05) is 13.5 Å². The van der Waals surface area contributed by atoms with Crippen LogP contribution in [0.15, 0.2) is 28.7 Å². The fourth-order valence-electron chi connectivity index (χ4n) is 2.29. The molecule has 3 nitrogen and oxygen atoms in total. The van der Waals surface area contributed by atoms with Crippen LogP contribution < -0.4 is 0 Å². The summed E-state index contributed by atoms with van der Waals surface area (Å²) in [6.45, 7) is 4.04. The number of aliphatic hydroxyl groups excluding tert-OH is 1. The second-order valence-electron chi connectivity index (χ2n) is 4.96. The van der Waals surface area contributed by atoms with Crippen LogP contribution in [0.3, 0.4) is 0 Å². The van der Waals surface area contributed by atoms with Crippen molar-refractivity contribution in [3.05, 3.63) is 51.3 Å². The van der Waals surface area contributed by atoms with E-state index in [-0.39, 0.29) is 0 Å². The molecule has 19 heavy (non-hydrogen) atoms. The fourth-order valence-corrected chi connectivity index (χ4v) is 2.79. The first-order chi connectivity index (χ1) is 8.99. The van der Waals surface area contributed by atoms with Gasteiger partial charge in [-0.3, -0.25) is 4.68 Å². The predicted molar refractivity (Wildman–Crippen MR) is 80.2 cm³/mol. The molecule has 0 aliphatic heterocycles. The summed E-state index contributed by atoms with van der Waals surface area (Å²) >= 11 is 3.53. The Balaban J connectivity index is 2.10. The molecule has 4 heteroatoms. The smallest absolute Gasteiger partial charge is 0.0738 e. The lowest BCUT2D eigenvalue weighted by molar-refractivity contribution is 0.172. The molecule has 0 aliphatic carbocycles. The van der Waals surface area contributed by atoms with Crippen molar-refractivity contribution in [3.63, 3.8) is 0 Å². The number of aromatic nitrogens is 2. The van der Waals surface area contributed by atoms with Gasteiger partial charge in [-0.25, -0.2) is 0 Å². The minimum absolute atomic E-state index is 0.396. The monoisotopic (exact) mass is 322 g/mol. The van der Waals surface area contributed by atoms with Gasteiger partial charge in [-0.2, -0.15) is 5.10 Å². The highest BCUT2D eigenvalue weighted by Crippen LogP contribution is 2.22. The summed E-state index contributed by atoms with van der Waals surface area (Å²) in [7, 11) is 1.91. The molecule has 1 atom stereocenters. The molecule has 1 heterocycles. The Kier molecular flexibility index (Phi) is 4.42. The predicted octanol–water partition coefficient (Wildman–Crippen LogP) is 2.95. The Labute approximate surface area is 122 Å². The summed E-state index contributed by atoms with van der Waals surface area (Å²) < 4.78 is 2.83. The van der Waals surface area contributed by atoms with Gasteiger partial charge in [0.25, 0.3) is 0 Å². The van der Waals surface area contributed by atoms with E-state index in [0.717, 1.165) is 15.9 Å². The fraction of sp³-hybridized carbons (Fsp3) is 0.400. The molecule has 0 amide bonds. The second kappa shape index (κ2) is 5.88. The van der Waals surface area contributed by atoms with E-state index in [1.807, 2.05) is 30.8 Å². The highest BCUT2D eigenvalue weighted by Gasteiger charge is 2.15. The highest BCUT2D eigenvalue weighted by molar-refractivity contribution is 9.10. The standard InChI is InChI=1S/C15H19BrN2O/c1-10-6-4-5-7-12(10)8-13(19)9-14-15(16)11(2)17-18(14)3/h4-7,13,19H,8-9H2,1-3H3. The molecule has 2 aromatic rings. The molecule has 102 valence electrons. The van der Waals surface area contributed by atoms with Crippen LogP contribution in [0.4, 0.5) is 0 Å². The lowest BCUT2D eigenvalue weighted by Crippen LogP contribution is -2.17. The van der Waals surface area contributed by atoms with Crippen molar-refractivity contribution in [3.8, 4) is 0 Å². The lowest BCUT2D eigenvalue weighted by atomic mass is 10.00. The van der Waals surface area contributed by atoms with Crippen LogP contribution in [0.25, 0.3) is 0 Å². The first kappa shape index (κ1) is 14.3. The van der Waals surface area contributed by atoms with E-state index >= 15 is 0 Å². The molecule has 1 unspecified atom stereocenters. The number of halogens is 1. The molecule has 2 rings (SSSR count). The molecule has 0 aliphatic rings. The summed E-state index contributed by atoms with van der Waals surface area (Å²) in [6.07, 6.45) is 0.877. The van der Waals surface area contributed by atoms with Crippen LogP contribution in [0.1, 0.15) is 22.5 Å². The van der Waals surface area contributed by atoms with Gasteiger partial charge in [0.1, 0.15) is 0 Å². The summed E-state index contributed by atoms with van der Waals surface area (Å²) in [5.41, 5.74) is 4.42. The minimum Gasteiger partial charge on any atom is -0.392 e. The molecule has 0 fully saturated rings. The van der Waals surface area contributed by atoms with Gasteiger partial charge < -0.3 is 5.11 Å². The zero-order valence-electron chi connectivity index (χ0n) is 11.5. The van der Waals surface area contributed by atoms with E-state index in [1.54, 1.807) is 0 Å². The molecule has 1 aromatic heterocycles. The summed E-state index contributed by atoms with van der Waals surface area (Å²) in [5.74, 6) is 0. The molecule has 1 aromatic carbocycles. The quantitative estimate of drug-likeness (QED) is 0.939. The summed E-state index contributed by atoms with van der Waals surface area (Å²) in [4.78, 5) is 0. The maximum absolute atomic E-state index is 10.3. The third-order valence-corrected chi connectivity index (χ3v) is 4.44. The van der Waals surface area contributed by atoms with Crippen LogP contribution in [-0.4, -0.2) is 21.0 Å². The molecular weight excluding hydrogens is 304 g/mol. The molecule has 0 spiro atoms. The third kappa shape index (κ3) is 3.25. The number of hydrogen-bond donors (Lipinski definition) is 1. The van der Waals surface area contributed by atoms with E-state index in [4.69, 9.17) is 0 Å². The summed E-state index contributed by atoms with van der Waals surface area (Å²) in [5, 5.41) is 14.6. The van der Waals surface area contributed by atoms with Gasteiger partial charge in [0.05, 0.1) is 22.0 Å². The van der Waals surface area contributed by atoms with Crippen molar-refractivity contribution in [1.29, 1.82) is 0 Å². The lowest BCUT2D eigenvalue weighted by Gasteiger charge is -2.13. The number of benzene rings is 1. The van der Waals surface area contributed by atoms with E-state index in [1.165, 1.54) is 11.1 Å². The SMILES string of the molecule is Cc1ccccc1CC(O)Cc1c(Br)c(C)nn1C. The molecule has 1 N–H and O–H groups in total. The van der Waals surface area contributed by atoms with Crippen molar-refractivity contribution in [1.82, 2.24) is 9.78 Å². The average Bonchev–Trinajstić information content (AvgIpc) is 2.59. The third-order valence-electron chi connectivity index (χ3n) is 3.41. The Bertz CT molecular complexity index is 578. The second-order valence-corrected chi connectivity index (χ2v) is 5.75. The van der Waals surface area contributed by atoms with Gasteiger partial charge in [-0.05, 0) is 47.3 Å². The molecule has 0 saturated carbocycles. The van der Waals surface area contributed by atoms with Crippen LogP contribution in [0.2, 0.25) is 0 Å². The van der Waals surface area contributed by atoms with E-state index in [2.05, 4.69) is 40.1 Å². The maximum Gasteiger partial charge on any atom is 0.0738 e. The number of aryl methyl sites for hydroxylation is 3. The van der Waals surface area contributed by atoms with Gasteiger partial charge in [0.2, 0.25) is 0 Å². The number of rotatable bonds is 4. The van der Waals surface area contributed by atoms with Crippen molar-refractivity contribution >= 4 is 15.9 Å². The average molecular weight is 323 g/mol. The molecule has 0 saturated heterocycles. The largest absolute Gasteiger partial charge is 0.392 e. The zero-order chi connectivity index (χ0) is 14.0. The normalized spacial score (nSPS) is 12.7. The first-order valence-corrected chi connectivity index (χ1v) is 7.19. The summed E-state index contributed by atoms with van der Waals surface area (Å²) in [6, 6.07) is 8.18. The van der Waals surface area contributed by atoms with E-state index in [0.29, 0.717) is 12.8 Å². The number of aliphatic hydroxyl groups is 1. The van der Waals surface area contributed by atoms with Gasteiger partial charge >= 0.3 is 0 Å². The van der Waals surface area contributed by atoms with Crippen LogP contribution in [0.5, 0.6) is 0 Å². The minimum atomic E-state index is -0.396. The van der Waals surface area contributed by atoms with Gasteiger partial charge in [-0.1, -0.05) is 24.3 Å². The van der Waals surface area contributed by atoms with Crippen molar-refractivity contribution in [2.24, 2.45) is 7.05 Å². The molecule has 0 bridgehead atoms. The van der Waals surface area contributed by atoms with Crippen molar-refractivity contribution in [2.75, 3.05) is 0 Å². The van der Waals surface area contributed by atoms with E-state index < -0.39 is 6.10 Å². The van der Waals surface area contributed by atoms with Gasteiger partial charge in [0.15, 0.2) is 0 Å². The van der Waals surface area contributed by atoms with Crippen molar-refractivity contribution in [2.45, 2.75) is 32.8 Å². The Morgan fingerprint density at radius 1 is 1.26 bits per heavy atom. The zero-order valence-corrected chi connectivity index (χ0v) is 13.1. The molecular formula is C15H19BrN2O. The maximum atomic E-state index is 10.3. The Morgan fingerprint density at radius 2 is 1.95 bits per heavy atom. The molecule has 0 radical (unpaired) electrons. The highest BCUT2D eigenvalue weighted by atomic mass is 79.9. The van der Waals surface area contributed by atoms with Crippen LogP contribution >= 0.6 is 15.9 Å². The first-order valence-electron chi connectivity index (χ1n) is 6.39.